The summed E-state index contributed by atoms with van der Waals surface area (Å²) in [5, 5.41) is 7.38. The summed E-state index contributed by atoms with van der Waals surface area (Å²) in [6.07, 6.45) is 10.9. The predicted molar refractivity (Wildman–Crippen MR) is 104 cm³/mol. The highest BCUT2D eigenvalue weighted by Crippen LogP contribution is 2.39. The number of nitrogens with one attached hydrogen (secondary N) is 1. The van der Waals surface area contributed by atoms with Gasteiger partial charge in [0.15, 0.2) is 0 Å². The number of rotatable bonds is 6. The van der Waals surface area contributed by atoms with Crippen molar-refractivity contribution in [3.8, 4) is 0 Å². The molecule has 0 spiro atoms. The van der Waals surface area contributed by atoms with Crippen molar-refractivity contribution < 1.29 is 0 Å². The number of nitrogens with zero attached hydrogens (tertiary/aromatic N) is 2. The Kier molecular flexibility index (Phi) is 4.24. The zero-order chi connectivity index (χ0) is 17.4. The Bertz CT molecular complexity index is 797. The highest BCUT2D eigenvalue weighted by Gasteiger charge is 2.37. The Morgan fingerprint density at radius 1 is 1.32 bits per heavy atom. The number of aryl methyl sites for hydroxylation is 2. The molecular weight excluding hydrogens is 306 g/mol. The van der Waals surface area contributed by atoms with E-state index in [-0.39, 0.29) is 0 Å². The highest BCUT2D eigenvalue weighted by molar-refractivity contribution is 5.72. The first kappa shape index (κ1) is 16.2. The summed E-state index contributed by atoms with van der Waals surface area (Å²) in [6, 6.07) is 7.89. The highest BCUT2D eigenvalue weighted by atomic mass is 15.2. The Morgan fingerprint density at radius 2 is 2.16 bits per heavy atom. The lowest BCUT2D eigenvalue weighted by atomic mass is 9.90. The summed E-state index contributed by atoms with van der Waals surface area (Å²) in [5.41, 5.74) is 7.64. The fourth-order valence-corrected chi connectivity index (χ4v) is 4.13. The van der Waals surface area contributed by atoms with E-state index in [0.717, 1.165) is 25.0 Å². The second kappa shape index (κ2) is 6.55. The molecule has 3 heteroatoms. The molecule has 1 unspecified atom stereocenters. The third kappa shape index (κ3) is 3.04. The van der Waals surface area contributed by atoms with Crippen molar-refractivity contribution in [3.05, 3.63) is 65.5 Å². The van der Waals surface area contributed by atoms with E-state index in [4.69, 9.17) is 0 Å². The van der Waals surface area contributed by atoms with Crippen LogP contribution in [0.3, 0.4) is 0 Å². The van der Waals surface area contributed by atoms with Gasteiger partial charge in [-0.15, -0.1) is 0 Å². The summed E-state index contributed by atoms with van der Waals surface area (Å²) in [7, 11) is 0. The van der Waals surface area contributed by atoms with Gasteiger partial charge < -0.3 is 4.90 Å². The van der Waals surface area contributed by atoms with Crippen molar-refractivity contribution in [3.63, 3.8) is 0 Å². The van der Waals surface area contributed by atoms with Crippen LogP contribution in [0, 0.1) is 0 Å². The van der Waals surface area contributed by atoms with E-state index in [9.17, 15) is 0 Å². The molecule has 130 valence electrons. The molecule has 25 heavy (non-hydrogen) atoms. The normalized spacial score (nSPS) is 19.3. The largest absolute Gasteiger partial charge is 0.365 e. The fraction of sp³-hybridized carbons (Fsp3) is 0.409. The number of hydrogen-bond donors (Lipinski definition) is 1. The fourth-order valence-electron chi connectivity index (χ4n) is 4.13. The van der Waals surface area contributed by atoms with Crippen LogP contribution in [0.1, 0.15) is 54.1 Å². The lowest BCUT2D eigenvalue weighted by Crippen LogP contribution is -2.39. The van der Waals surface area contributed by atoms with Crippen LogP contribution in [-0.2, 0) is 19.3 Å². The maximum atomic E-state index is 4.52. The SMILES string of the molecule is C=Cc1cc(CC)ccc1C(=C)N(C1CC1)C1CCc2[nH]ncc2C1. The number of H-pyrrole nitrogens is 1. The second-order valence-electron chi connectivity index (χ2n) is 7.33. The Balaban J connectivity index is 1.64. The molecule has 1 aromatic carbocycles. The third-order valence-electron chi connectivity index (χ3n) is 5.69. The van der Waals surface area contributed by atoms with Crippen LogP contribution >= 0.6 is 0 Å². The third-order valence-corrected chi connectivity index (χ3v) is 5.69. The van der Waals surface area contributed by atoms with Crippen molar-refractivity contribution in [2.24, 2.45) is 0 Å². The lowest BCUT2D eigenvalue weighted by Gasteiger charge is -2.38. The van der Waals surface area contributed by atoms with Crippen LogP contribution in [-0.4, -0.2) is 27.2 Å². The zero-order valence-electron chi connectivity index (χ0n) is 15.1. The predicted octanol–water partition coefficient (Wildman–Crippen LogP) is 4.61. The van der Waals surface area contributed by atoms with Crippen LogP contribution in [0.5, 0.6) is 0 Å². The van der Waals surface area contributed by atoms with Crippen LogP contribution in [0.15, 0.2) is 37.6 Å². The van der Waals surface area contributed by atoms with Gasteiger partial charge in [0.1, 0.15) is 0 Å². The maximum absolute atomic E-state index is 4.52. The standard InChI is InChI=1S/C22H27N3/c1-4-16-6-10-21(17(5-2)12-16)15(3)25(19-7-8-19)20-9-11-22-18(13-20)14-23-24-22/h5-6,10,12,14,19-20H,2-4,7-9,11,13H2,1H3,(H,23,24). The van der Waals surface area contributed by atoms with Crippen molar-refractivity contribution in [2.75, 3.05) is 0 Å². The molecule has 3 nitrogen and oxygen atoms in total. The molecule has 2 aromatic rings. The van der Waals surface area contributed by atoms with Crippen molar-refractivity contribution in [2.45, 2.75) is 57.5 Å². The molecule has 0 bridgehead atoms. The van der Waals surface area contributed by atoms with Crippen molar-refractivity contribution in [1.29, 1.82) is 0 Å². The molecule has 2 aliphatic rings. The number of aromatic amines is 1. The summed E-state index contributed by atoms with van der Waals surface area (Å²) >= 11 is 0. The Hall–Kier alpha value is -2.29. The van der Waals surface area contributed by atoms with E-state index in [0.29, 0.717) is 12.1 Å². The first-order chi connectivity index (χ1) is 12.2. The zero-order valence-corrected chi connectivity index (χ0v) is 15.1. The van der Waals surface area contributed by atoms with Gasteiger partial charge in [0.2, 0.25) is 0 Å². The first-order valence-corrected chi connectivity index (χ1v) is 9.45. The van der Waals surface area contributed by atoms with Crippen LogP contribution in [0.25, 0.3) is 11.8 Å². The monoisotopic (exact) mass is 333 g/mol. The summed E-state index contributed by atoms with van der Waals surface area (Å²) in [5.74, 6) is 0. The minimum Gasteiger partial charge on any atom is -0.365 e. The van der Waals surface area contributed by atoms with E-state index in [1.807, 2.05) is 12.3 Å². The Labute approximate surface area is 150 Å². The van der Waals surface area contributed by atoms with E-state index in [1.54, 1.807) is 0 Å². The molecular formula is C22H27N3. The van der Waals surface area contributed by atoms with Crippen molar-refractivity contribution in [1.82, 2.24) is 15.1 Å². The van der Waals surface area contributed by atoms with Crippen LogP contribution in [0.4, 0.5) is 0 Å². The van der Waals surface area contributed by atoms with Gasteiger partial charge in [-0.1, -0.05) is 44.4 Å². The van der Waals surface area contributed by atoms with Gasteiger partial charge >= 0.3 is 0 Å². The number of aromatic nitrogens is 2. The minimum atomic E-state index is 0.522. The van der Waals surface area contributed by atoms with E-state index in [2.05, 4.69) is 53.4 Å². The molecule has 1 aromatic heterocycles. The molecule has 1 N–H and O–H groups in total. The summed E-state index contributed by atoms with van der Waals surface area (Å²) < 4.78 is 0. The number of fused-ring (bicyclic) bond motifs is 1. The molecule has 0 saturated heterocycles. The summed E-state index contributed by atoms with van der Waals surface area (Å²) in [4.78, 5) is 2.60. The smallest absolute Gasteiger partial charge is 0.0522 e. The van der Waals surface area contributed by atoms with E-state index in [1.165, 1.54) is 47.2 Å². The van der Waals surface area contributed by atoms with Crippen LogP contribution in [0.2, 0.25) is 0 Å². The van der Waals surface area contributed by atoms with E-state index >= 15 is 0 Å². The molecule has 0 amide bonds. The topological polar surface area (TPSA) is 31.9 Å². The quantitative estimate of drug-likeness (QED) is 0.837. The van der Waals surface area contributed by atoms with Crippen molar-refractivity contribution >= 4 is 11.8 Å². The molecule has 1 atom stereocenters. The molecule has 2 aliphatic carbocycles. The summed E-state index contributed by atoms with van der Waals surface area (Å²) in [6.45, 7) is 10.7. The van der Waals surface area contributed by atoms with Gasteiger partial charge in [-0.3, -0.25) is 5.10 Å². The Morgan fingerprint density at radius 3 is 2.88 bits per heavy atom. The van der Waals surface area contributed by atoms with Crippen LogP contribution < -0.4 is 0 Å². The van der Waals surface area contributed by atoms with E-state index < -0.39 is 0 Å². The lowest BCUT2D eigenvalue weighted by molar-refractivity contribution is 0.259. The number of hydrogen-bond acceptors (Lipinski definition) is 2. The van der Waals surface area contributed by atoms with Gasteiger partial charge in [0.25, 0.3) is 0 Å². The maximum Gasteiger partial charge on any atom is 0.0522 e. The molecule has 1 saturated carbocycles. The van der Waals surface area contributed by atoms with Gasteiger partial charge in [-0.05, 0) is 55.2 Å². The van der Waals surface area contributed by atoms with Gasteiger partial charge in [-0.2, -0.15) is 5.10 Å². The molecule has 0 aliphatic heterocycles. The minimum absolute atomic E-state index is 0.522. The average molecular weight is 333 g/mol. The van der Waals surface area contributed by atoms with Gasteiger partial charge in [-0.25, -0.2) is 0 Å². The molecule has 4 rings (SSSR count). The molecule has 0 radical (unpaired) electrons. The first-order valence-electron chi connectivity index (χ1n) is 9.45. The molecule has 1 fully saturated rings. The molecule has 1 heterocycles. The second-order valence-corrected chi connectivity index (χ2v) is 7.33. The average Bonchev–Trinajstić information content (AvgIpc) is 3.36. The number of benzene rings is 1. The van der Waals surface area contributed by atoms with Gasteiger partial charge in [0.05, 0.1) is 6.20 Å². The van der Waals surface area contributed by atoms with Gasteiger partial charge in [0, 0.05) is 29.0 Å².